The second-order valence-corrected chi connectivity index (χ2v) is 8.59. The number of rotatable bonds is 9. The van der Waals surface area contributed by atoms with Crippen LogP contribution in [0.15, 0.2) is 50.8 Å². The minimum absolute atomic E-state index is 0.0866. The van der Waals surface area contributed by atoms with Crippen LogP contribution in [0.5, 0.6) is 0 Å². The Morgan fingerprint density at radius 2 is 1.96 bits per heavy atom. The summed E-state index contributed by atoms with van der Waals surface area (Å²) in [6.45, 7) is 7.67. The van der Waals surface area contributed by atoms with Crippen molar-refractivity contribution in [1.29, 1.82) is 0 Å². The van der Waals surface area contributed by atoms with Crippen LogP contribution >= 0.6 is 0 Å². The number of nitrogens with zero attached hydrogens (tertiary/aromatic N) is 2. The van der Waals surface area contributed by atoms with Gasteiger partial charge in [-0.2, -0.15) is 0 Å². The Morgan fingerprint density at radius 1 is 1.22 bits per heavy atom. The highest BCUT2D eigenvalue weighted by Gasteiger charge is 2.13. The van der Waals surface area contributed by atoms with E-state index in [1.54, 1.807) is 30.3 Å². The molecule has 0 radical (unpaired) electrons. The summed E-state index contributed by atoms with van der Waals surface area (Å²) in [5.74, 6) is 1.72. The Bertz CT molecular complexity index is 830. The molecule has 8 heteroatoms. The van der Waals surface area contributed by atoms with Crippen LogP contribution < -0.4 is 10.6 Å². The van der Waals surface area contributed by atoms with Gasteiger partial charge in [0.15, 0.2) is 21.6 Å². The molecule has 0 unspecified atom stereocenters. The smallest absolute Gasteiger partial charge is 0.191 e. The lowest BCUT2D eigenvalue weighted by Gasteiger charge is -2.11. The molecule has 1 aromatic carbocycles. The first kappa shape index (κ1) is 21.0. The number of hydrogen-bond donors (Lipinski definition) is 2. The normalized spacial score (nSPS) is 12.4. The summed E-state index contributed by atoms with van der Waals surface area (Å²) in [7, 11) is -3.25. The van der Waals surface area contributed by atoms with Gasteiger partial charge in [0, 0.05) is 19.2 Å². The maximum atomic E-state index is 12.3. The van der Waals surface area contributed by atoms with Crippen LogP contribution in [0.1, 0.15) is 44.6 Å². The van der Waals surface area contributed by atoms with Crippen molar-refractivity contribution in [3.8, 4) is 0 Å². The number of guanidine groups is 1. The average molecular weight is 393 g/mol. The van der Waals surface area contributed by atoms with Gasteiger partial charge in [-0.25, -0.2) is 13.4 Å². The second-order valence-electron chi connectivity index (χ2n) is 6.48. The molecule has 2 N–H and O–H groups in total. The van der Waals surface area contributed by atoms with Crippen molar-refractivity contribution in [1.82, 2.24) is 15.8 Å². The molecule has 2 aromatic rings. The van der Waals surface area contributed by atoms with Crippen molar-refractivity contribution in [3.05, 3.63) is 47.9 Å². The van der Waals surface area contributed by atoms with Gasteiger partial charge in [0.05, 0.1) is 16.3 Å². The fraction of sp³-hybridized carbons (Fsp3) is 0.474. The molecule has 2 rings (SSSR count). The van der Waals surface area contributed by atoms with E-state index in [-0.39, 0.29) is 5.75 Å². The summed E-state index contributed by atoms with van der Waals surface area (Å²) in [5.41, 5.74) is 0.907. The molecule has 1 heterocycles. The van der Waals surface area contributed by atoms with Crippen LogP contribution in [-0.4, -0.2) is 38.4 Å². The SMILES string of the molecule is CCNC(=NCc1cc(C(C)C)no1)NCCCS(=O)(=O)c1ccccc1. The molecular formula is C19H28N4O3S. The molecular weight excluding hydrogens is 364 g/mol. The largest absolute Gasteiger partial charge is 0.359 e. The summed E-state index contributed by atoms with van der Waals surface area (Å²) in [4.78, 5) is 4.82. The van der Waals surface area contributed by atoms with Crippen molar-refractivity contribution in [2.24, 2.45) is 4.99 Å². The third-order valence-corrected chi connectivity index (χ3v) is 5.71. The van der Waals surface area contributed by atoms with E-state index < -0.39 is 9.84 Å². The van der Waals surface area contributed by atoms with Crippen LogP contribution in [0.4, 0.5) is 0 Å². The Morgan fingerprint density at radius 3 is 2.59 bits per heavy atom. The maximum absolute atomic E-state index is 12.3. The summed E-state index contributed by atoms with van der Waals surface area (Å²) >= 11 is 0. The third-order valence-electron chi connectivity index (χ3n) is 3.89. The zero-order chi connectivity index (χ0) is 19.7. The predicted molar refractivity (Wildman–Crippen MR) is 107 cm³/mol. The minimum Gasteiger partial charge on any atom is -0.359 e. The summed E-state index contributed by atoms with van der Waals surface area (Å²) < 4.78 is 29.8. The van der Waals surface area contributed by atoms with Crippen molar-refractivity contribution < 1.29 is 12.9 Å². The van der Waals surface area contributed by atoms with E-state index >= 15 is 0 Å². The van der Waals surface area contributed by atoms with E-state index in [1.165, 1.54) is 0 Å². The first-order valence-corrected chi connectivity index (χ1v) is 10.8. The van der Waals surface area contributed by atoms with Gasteiger partial charge < -0.3 is 15.2 Å². The van der Waals surface area contributed by atoms with E-state index in [4.69, 9.17) is 4.52 Å². The Labute approximate surface area is 161 Å². The quantitative estimate of drug-likeness (QED) is 0.387. The maximum Gasteiger partial charge on any atom is 0.191 e. The average Bonchev–Trinajstić information content (AvgIpc) is 3.13. The summed E-state index contributed by atoms with van der Waals surface area (Å²) in [6.07, 6.45) is 0.488. The van der Waals surface area contributed by atoms with E-state index in [1.807, 2.05) is 13.0 Å². The third kappa shape index (κ3) is 6.71. The van der Waals surface area contributed by atoms with Crippen LogP contribution in [0.25, 0.3) is 0 Å². The molecule has 0 spiro atoms. The lowest BCUT2D eigenvalue weighted by molar-refractivity contribution is 0.376. The second kappa shape index (κ2) is 10.1. The van der Waals surface area contributed by atoms with Gasteiger partial charge in [-0.3, -0.25) is 0 Å². The number of benzene rings is 1. The van der Waals surface area contributed by atoms with E-state index in [0.717, 1.165) is 5.69 Å². The molecule has 0 bridgehead atoms. The van der Waals surface area contributed by atoms with Crippen LogP contribution in [-0.2, 0) is 16.4 Å². The first-order chi connectivity index (χ1) is 12.9. The van der Waals surface area contributed by atoms with Gasteiger partial charge in [0.25, 0.3) is 0 Å². The van der Waals surface area contributed by atoms with Crippen LogP contribution in [0.3, 0.4) is 0 Å². The topological polar surface area (TPSA) is 96.6 Å². The molecule has 0 saturated carbocycles. The molecule has 1 aromatic heterocycles. The first-order valence-electron chi connectivity index (χ1n) is 9.18. The van der Waals surface area contributed by atoms with Gasteiger partial charge in [0.2, 0.25) is 0 Å². The molecule has 0 aliphatic carbocycles. The molecule has 0 amide bonds. The number of aromatic nitrogens is 1. The number of sulfone groups is 1. The minimum atomic E-state index is -3.25. The predicted octanol–water partition coefficient (Wildman–Crippen LogP) is 2.72. The summed E-state index contributed by atoms with van der Waals surface area (Å²) in [6, 6.07) is 10.4. The van der Waals surface area contributed by atoms with Gasteiger partial charge in [-0.1, -0.05) is 37.2 Å². The zero-order valence-electron chi connectivity index (χ0n) is 16.1. The number of nitrogens with one attached hydrogen (secondary N) is 2. The Balaban J connectivity index is 1.85. The fourth-order valence-corrected chi connectivity index (χ4v) is 3.72. The number of hydrogen-bond acceptors (Lipinski definition) is 5. The van der Waals surface area contributed by atoms with Gasteiger partial charge >= 0.3 is 0 Å². The van der Waals surface area contributed by atoms with Gasteiger partial charge in [0.1, 0.15) is 6.54 Å². The van der Waals surface area contributed by atoms with Crippen LogP contribution in [0, 0.1) is 0 Å². The van der Waals surface area contributed by atoms with Gasteiger partial charge in [-0.05, 0) is 31.4 Å². The van der Waals surface area contributed by atoms with E-state index in [9.17, 15) is 8.42 Å². The molecule has 0 aliphatic heterocycles. The Kier molecular flexibility index (Phi) is 7.84. The van der Waals surface area contributed by atoms with E-state index in [0.29, 0.717) is 48.6 Å². The molecule has 0 fully saturated rings. The monoisotopic (exact) mass is 392 g/mol. The van der Waals surface area contributed by atoms with Crippen molar-refractivity contribution in [2.75, 3.05) is 18.8 Å². The molecule has 0 atom stereocenters. The van der Waals surface area contributed by atoms with Crippen molar-refractivity contribution in [3.63, 3.8) is 0 Å². The fourth-order valence-electron chi connectivity index (χ4n) is 2.39. The van der Waals surface area contributed by atoms with Crippen molar-refractivity contribution >= 4 is 15.8 Å². The molecule has 27 heavy (non-hydrogen) atoms. The lowest BCUT2D eigenvalue weighted by atomic mass is 10.1. The van der Waals surface area contributed by atoms with Gasteiger partial charge in [-0.15, -0.1) is 0 Å². The standard InChI is InChI=1S/C19H28N4O3S/c1-4-20-19(22-14-16-13-18(15(2)3)23-26-16)21-11-8-12-27(24,25)17-9-6-5-7-10-17/h5-7,9-10,13,15H,4,8,11-12,14H2,1-3H3,(H2,20,21,22). The molecule has 0 aliphatic rings. The lowest BCUT2D eigenvalue weighted by Crippen LogP contribution is -2.38. The van der Waals surface area contributed by atoms with Crippen LogP contribution in [0.2, 0.25) is 0 Å². The summed E-state index contributed by atoms with van der Waals surface area (Å²) in [5, 5.41) is 10.3. The highest BCUT2D eigenvalue weighted by molar-refractivity contribution is 7.91. The highest BCUT2D eigenvalue weighted by Crippen LogP contribution is 2.14. The highest BCUT2D eigenvalue weighted by atomic mass is 32.2. The molecule has 7 nitrogen and oxygen atoms in total. The molecule has 148 valence electrons. The zero-order valence-corrected chi connectivity index (χ0v) is 16.9. The number of aliphatic imine (C=N–C) groups is 1. The van der Waals surface area contributed by atoms with Crippen molar-refractivity contribution in [2.45, 2.75) is 44.6 Å². The Hall–Kier alpha value is -2.35. The van der Waals surface area contributed by atoms with E-state index in [2.05, 4.69) is 34.6 Å². The molecule has 0 saturated heterocycles.